The molecule has 9 nitrogen and oxygen atoms in total. The molecule has 9 heteroatoms. The van der Waals surface area contributed by atoms with Gasteiger partial charge in [-0.3, -0.25) is 0 Å². The summed E-state index contributed by atoms with van der Waals surface area (Å²) in [6, 6.07) is 182. The molecular formula is C127H85N9. The van der Waals surface area contributed by atoms with Crippen LogP contribution in [0, 0.1) is 0 Å². The van der Waals surface area contributed by atoms with Crippen molar-refractivity contribution in [2.45, 2.75) is 0 Å². The molecule has 7 aromatic heterocycles. The van der Waals surface area contributed by atoms with Crippen molar-refractivity contribution in [2.24, 2.45) is 0 Å². The Bertz CT molecular complexity index is 8500. The van der Waals surface area contributed by atoms with E-state index in [1.54, 1.807) is 0 Å². The van der Waals surface area contributed by atoms with E-state index in [1.807, 2.05) is 60.7 Å². The molecule has 19 aromatic carbocycles. The van der Waals surface area contributed by atoms with Crippen molar-refractivity contribution >= 4 is 87.2 Å². The molecule has 638 valence electrons. The molecule has 0 aliphatic rings. The van der Waals surface area contributed by atoms with Gasteiger partial charge in [0.05, 0.1) is 78.3 Å². The molecule has 136 heavy (non-hydrogen) atoms. The highest BCUT2D eigenvalue weighted by Crippen LogP contribution is 2.43. The number of para-hydroxylation sites is 8. The van der Waals surface area contributed by atoms with Crippen LogP contribution < -0.4 is 0 Å². The zero-order valence-electron chi connectivity index (χ0n) is 74.1. The van der Waals surface area contributed by atoms with Crippen LogP contribution >= 0.6 is 0 Å². The first kappa shape index (κ1) is 81.0. The van der Waals surface area contributed by atoms with Gasteiger partial charge in [0.1, 0.15) is 0 Å². The van der Waals surface area contributed by atoms with Gasteiger partial charge in [-0.1, -0.05) is 400 Å². The van der Waals surface area contributed by atoms with Gasteiger partial charge in [-0.25, -0.2) is 24.9 Å². The summed E-state index contributed by atoms with van der Waals surface area (Å²) in [6.45, 7) is 0. The number of nitrogens with zero attached hydrogens (tertiary/aromatic N) is 9. The average molecular weight is 1740 g/mol. The van der Waals surface area contributed by atoms with Crippen LogP contribution in [0.15, 0.2) is 516 Å². The minimum Gasteiger partial charge on any atom is -0.309 e. The maximum Gasteiger partial charge on any atom is 0.160 e. The number of fused-ring (bicyclic) bond motifs is 12. The summed E-state index contributed by atoms with van der Waals surface area (Å²) in [5.74, 6) is 1.44. The molecule has 26 rings (SSSR count). The maximum absolute atomic E-state index is 5.30. The minimum absolute atomic E-state index is 0.715. The molecule has 0 bridgehead atoms. The van der Waals surface area contributed by atoms with Crippen LogP contribution in [0.3, 0.4) is 0 Å². The molecule has 7 heterocycles. The van der Waals surface area contributed by atoms with Gasteiger partial charge in [0.25, 0.3) is 0 Å². The van der Waals surface area contributed by atoms with Gasteiger partial charge in [-0.15, -0.1) is 0 Å². The molecule has 0 atom stereocenters. The van der Waals surface area contributed by atoms with Gasteiger partial charge in [0, 0.05) is 110 Å². The lowest BCUT2D eigenvalue weighted by molar-refractivity contribution is 1.13. The van der Waals surface area contributed by atoms with Crippen molar-refractivity contribution in [3.63, 3.8) is 0 Å². The van der Waals surface area contributed by atoms with Crippen LogP contribution in [-0.2, 0) is 0 Å². The van der Waals surface area contributed by atoms with Gasteiger partial charge in [-0.05, 0) is 149 Å². The topological polar surface area (TPSA) is 84.2 Å². The summed E-state index contributed by atoms with van der Waals surface area (Å²) in [7, 11) is 0. The second-order valence-electron chi connectivity index (χ2n) is 34.2. The van der Waals surface area contributed by atoms with Crippen LogP contribution in [0.25, 0.3) is 234 Å². The maximum atomic E-state index is 5.30. The molecule has 0 aliphatic carbocycles. The predicted molar refractivity (Wildman–Crippen MR) is 565 cm³/mol. The minimum atomic E-state index is 0.715. The highest BCUT2D eigenvalue weighted by Gasteiger charge is 2.23. The molecule has 0 fully saturated rings. The van der Waals surface area contributed by atoms with E-state index < -0.39 is 0 Å². The van der Waals surface area contributed by atoms with Gasteiger partial charge < -0.3 is 18.3 Å². The van der Waals surface area contributed by atoms with E-state index in [0.29, 0.717) is 5.82 Å². The molecular weight excluding hydrogens is 1650 g/mol. The van der Waals surface area contributed by atoms with E-state index in [-0.39, 0.29) is 0 Å². The summed E-state index contributed by atoms with van der Waals surface area (Å²) in [6.07, 6.45) is 0. The third-order valence-electron chi connectivity index (χ3n) is 26.0. The number of hydrogen-bond donors (Lipinski definition) is 0. The Morgan fingerprint density at radius 1 is 0.110 bits per heavy atom. The number of benzene rings is 19. The van der Waals surface area contributed by atoms with Gasteiger partial charge >= 0.3 is 0 Å². The van der Waals surface area contributed by atoms with Crippen molar-refractivity contribution in [3.8, 4) is 146 Å². The smallest absolute Gasteiger partial charge is 0.160 e. The summed E-state index contributed by atoms with van der Waals surface area (Å²) < 4.78 is 9.52. The first-order chi connectivity index (χ1) is 67.4. The number of pyridine rings is 1. The van der Waals surface area contributed by atoms with E-state index in [1.165, 1.54) is 109 Å². The van der Waals surface area contributed by atoms with Gasteiger partial charge in [0.15, 0.2) is 11.6 Å². The zero-order valence-corrected chi connectivity index (χ0v) is 74.1. The number of rotatable bonds is 15. The van der Waals surface area contributed by atoms with Crippen molar-refractivity contribution in [1.82, 2.24) is 43.2 Å². The zero-order chi connectivity index (χ0) is 90.2. The molecule has 0 spiro atoms. The molecule has 0 aliphatic heterocycles. The van der Waals surface area contributed by atoms with E-state index in [2.05, 4.69) is 473 Å². The molecule has 0 saturated heterocycles. The van der Waals surface area contributed by atoms with Crippen LogP contribution in [0.4, 0.5) is 0 Å². The fourth-order valence-corrected chi connectivity index (χ4v) is 19.4. The van der Waals surface area contributed by atoms with E-state index >= 15 is 0 Å². The van der Waals surface area contributed by atoms with Crippen LogP contribution in [0.2, 0.25) is 0 Å². The first-order valence-corrected chi connectivity index (χ1v) is 46.1. The van der Waals surface area contributed by atoms with Crippen LogP contribution in [0.5, 0.6) is 0 Å². The van der Waals surface area contributed by atoms with Gasteiger partial charge in [-0.2, -0.15) is 0 Å². The van der Waals surface area contributed by atoms with E-state index in [0.717, 1.165) is 118 Å². The molecule has 26 aromatic rings. The molecule has 0 radical (unpaired) electrons. The largest absolute Gasteiger partial charge is 0.309 e. The van der Waals surface area contributed by atoms with Crippen molar-refractivity contribution in [1.29, 1.82) is 0 Å². The fraction of sp³-hybridized carbons (Fsp3) is 0. The monoisotopic (exact) mass is 1740 g/mol. The van der Waals surface area contributed by atoms with Crippen molar-refractivity contribution < 1.29 is 0 Å². The second-order valence-corrected chi connectivity index (χ2v) is 34.2. The third-order valence-corrected chi connectivity index (χ3v) is 26.0. The summed E-state index contributed by atoms with van der Waals surface area (Å²) >= 11 is 0. The predicted octanol–water partition coefficient (Wildman–Crippen LogP) is 32.8. The van der Waals surface area contributed by atoms with E-state index in [9.17, 15) is 0 Å². The lowest BCUT2D eigenvalue weighted by Gasteiger charge is -2.17. The normalized spacial score (nSPS) is 11.4. The second kappa shape index (κ2) is 35.5. The van der Waals surface area contributed by atoms with Crippen LogP contribution in [0.1, 0.15) is 0 Å². The highest BCUT2D eigenvalue weighted by atomic mass is 15.0. The SMILES string of the molecule is c1ccc(-c2cc(-c3ccc(-n4c5ccccc5c5ccccc54)cc3)nc(-c3ccccc3)n2)cc1.c1ccc(-c2ccc(-c3cc(-c4cc(-n5c6ccccc6c6ccccc65)cc(-n5c6ccccc6c6ccccc65)c4)cc(-c4ccccc4)n3)cc2)cc1.c1ccc(-c2ccc(-c3cc(-c4ccc(-n5c6ccccc6c6ccccc65)cc4)nc(-c4ccccc4)n3)cc2)cc1. The molecule has 0 unspecified atom stereocenters. The van der Waals surface area contributed by atoms with Crippen molar-refractivity contribution in [3.05, 3.63) is 516 Å². The average Bonchev–Trinajstić information content (AvgIpc) is 1.56. The standard InChI is InChI=1S/C53H35N3.C40H27N3.C34H23N3/c1-3-15-36(16-4-1)37-27-29-39(30-28-37)49-34-41(33-48(54-49)38-17-5-2-6-18-38)40-31-42(55-50-23-11-7-19-44(50)45-20-8-12-24-51(45)55)35-43(32-40)56-52-25-13-9-21-46(52)47-22-10-14-26-53(47)56;1-3-11-28(12-4-1)29-19-21-30(22-20-29)36-27-37(42-40(41-36)32-13-5-2-6-14-32)31-23-25-33(26-24-31)43-38-17-9-7-15-34(38)35-16-8-10-18-39(35)43;1-3-11-24(12-4-1)30-23-31(36-34(35-30)26-13-5-2-6-14-26)25-19-21-27(22-20-25)37-32-17-9-7-15-28(32)29-16-8-10-18-33(29)37/h1-35H;1-27H;1-23H. The quantitative estimate of drug-likeness (QED) is 0.102. The summed E-state index contributed by atoms with van der Waals surface area (Å²) in [5.41, 5.74) is 34.8. The lowest BCUT2D eigenvalue weighted by Crippen LogP contribution is -2.00. The Balaban J connectivity index is 0.000000114. The lowest BCUT2D eigenvalue weighted by atomic mass is 9.97. The Kier molecular flexibility index (Phi) is 21.1. The first-order valence-electron chi connectivity index (χ1n) is 46.1. The highest BCUT2D eigenvalue weighted by molar-refractivity contribution is 6.13. The Hall–Kier alpha value is -18.3. The fourth-order valence-electron chi connectivity index (χ4n) is 19.4. The third kappa shape index (κ3) is 15.5. The number of aromatic nitrogens is 9. The summed E-state index contributed by atoms with van der Waals surface area (Å²) in [4.78, 5) is 25.2. The Morgan fingerprint density at radius 2 is 0.287 bits per heavy atom. The van der Waals surface area contributed by atoms with E-state index in [4.69, 9.17) is 24.9 Å². The molecule has 0 amide bonds. The molecule has 0 saturated carbocycles. The summed E-state index contributed by atoms with van der Waals surface area (Å²) in [5, 5.41) is 10.00. The molecule has 0 N–H and O–H groups in total. The number of hydrogen-bond acceptors (Lipinski definition) is 5. The Morgan fingerprint density at radius 3 is 0.544 bits per heavy atom. The Labute approximate surface area is 787 Å². The van der Waals surface area contributed by atoms with Gasteiger partial charge in [0.2, 0.25) is 0 Å². The van der Waals surface area contributed by atoms with Crippen LogP contribution in [-0.4, -0.2) is 43.2 Å². The van der Waals surface area contributed by atoms with Crippen molar-refractivity contribution in [2.75, 3.05) is 0 Å².